The van der Waals surface area contributed by atoms with Crippen LogP contribution in [0.4, 0.5) is 5.69 Å². The SMILES string of the molecule is COc1ccccc1NC(=O)CSc1n[nH]c(-c2ccccc2)n1. The maximum Gasteiger partial charge on any atom is 0.234 e. The molecule has 1 amide bonds. The fourth-order valence-electron chi connectivity index (χ4n) is 2.10. The third-order valence-electron chi connectivity index (χ3n) is 3.23. The van der Waals surface area contributed by atoms with Gasteiger partial charge in [-0.05, 0) is 12.1 Å². The molecule has 122 valence electrons. The Kier molecular flexibility index (Phi) is 5.12. The summed E-state index contributed by atoms with van der Waals surface area (Å²) < 4.78 is 5.21. The van der Waals surface area contributed by atoms with Crippen LogP contribution < -0.4 is 10.1 Å². The van der Waals surface area contributed by atoms with Crippen molar-refractivity contribution in [3.05, 3.63) is 54.6 Å². The first-order valence-electron chi connectivity index (χ1n) is 7.30. The summed E-state index contributed by atoms with van der Waals surface area (Å²) in [7, 11) is 1.57. The van der Waals surface area contributed by atoms with Crippen LogP contribution in [0.15, 0.2) is 59.8 Å². The molecule has 0 unspecified atom stereocenters. The van der Waals surface area contributed by atoms with Crippen molar-refractivity contribution in [2.45, 2.75) is 5.16 Å². The maximum atomic E-state index is 12.1. The van der Waals surface area contributed by atoms with E-state index >= 15 is 0 Å². The normalized spacial score (nSPS) is 10.4. The highest BCUT2D eigenvalue weighted by Gasteiger charge is 2.10. The Balaban J connectivity index is 1.58. The Bertz CT molecular complexity index is 820. The lowest BCUT2D eigenvalue weighted by atomic mass is 10.2. The number of nitrogens with one attached hydrogen (secondary N) is 2. The first-order chi connectivity index (χ1) is 11.8. The molecule has 0 spiro atoms. The first-order valence-corrected chi connectivity index (χ1v) is 8.28. The number of carbonyl (C=O) groups excluding carboxylic acids is 1. The molecule has 0 aliphatic carbocycles. The number of anilines is 1. The zero-order valence-electron chi connectivity index (χ0n) is 13.0. The summed E-state index contributed by atoms with van der Waals surface area (Å²) in [6.45, 7) is 0. The standard InChI is InChI=1S/C17H16N4O2S/c1-23-14-10-6-5-9-13(14)18-15(22)11-24-17-19-16(20-21-17)12-7-3-2-4-8-12/h2-10H,11H2,1H3,(H,18,22)(H,19,20,21). The number of H-pyrrole nitrogens is 1. The number of methoxy groups -OCH3 is 1. The lowest BCUT2D eigenvalue weighted by Gasteiger charge is -2.08. The minimum atomic E-state index is -0.143. The van der Waals surface area contributed by atoms with Crippen molar-refractivity contribution in [2.24, 2.45) is 0 Å². The van der Waals surface area contributed by atoms with E-state index in [9.17, 15) is 4.79 Å². The summed E-state index contributed by atoms with van der Waals surface area (Å²) in [5.74, 6) is 1.38. The molecule has 0 aliphatic heterocycles. The van der Waals surface area contributed by atoms with E-state index in [1.165, 1.54) is 11.8 Å². The smallest absolute Gasteiger partial charge is 0.234 e. The van der Waals surface area contributed by atoms with Crippen LogP contribution in [0, 0.1) is 0 Å². The molecule has 24 heavy (non-hydrogen) atoms. The summed E-state index contributed by atoms with van der Waals surface area (Å²) in [5.41, 5.74) is 1.60. The average Bonchev–Trinajstić information content (AvgIpc) is 3.10. The Morgan fingerprint density at radius 3 is 2.71 bits per heavy atom. The molecule has 0 saturated carbocycles. The number of para-hydroxylation sites is 2. The van der Waals surface area contributed by atoms with Crippen LogP contribution in [-0.4, -0.2) is 34.0 Å². The van der Waals surface area contributed by atoms with Gasteiger partial charge >= 0.3 is 0 Å². The number of rotatable bonds is 6. The van der Waals surface area contributed by atoms with Crippen molar-refractivity contribution in [1.29, 1.82) is 0 Å². The first kappa shape index (κ1) is 16.1. The van der Waals surface area contributed by atoms with E-state index in [0.29, 0.717) is 22.4 Å². The molecule has 3 aromatic rings. The Morgan fingerprint density at radius 2 is 1.92 bits per heavy atom. The highest BCUT2D eigenvalue weighted by atomic mass is 32.2. The zero-order chi connectivity index (χ0) is 16.8. The highest BCUT2D eigenvalue weighted by molar-refractivity contribution is 7.99. The van der Waals surface area contributed by atoms with Gasteiger partial charge in [-0.3, -0.25) is 9.89 Å². The number of ether oxygens (including phenoxy) is 1. The number of hydrogen-bond donors (Lipinski definition) is 2. The number of carbonyl (C=O) groups is 1. The van der Waals surface area contributed by atoms with Gasteiger partial charge in [0.2, 0.25) is 11.1 Å². The molecule has 6 nitrogen and oxygen atoms in total. The van der Waals surface area contributed by atoms with Crippen LogP contribution in [0.5, 0.6) is 5.75 Å². The van der Waals surface area contributed by atoms with Crippen molar-refractivity contribution in [2.75, 3.05) is 18.2 Å². The molecule has 0 aliphatic rings. The van der Waals surface area contributed by atoms with Gasteiger partial charge in [-0.15, -0.1) is 5.10 Å². The molecule has 0 bridgehead atoms. The molecule has 0 saturated heterocycles. The lowest BCUT2D eigenvalue weighted by molar-refractivity contribution is -0.113. The van der Waals surface area contributed by atoms with E-state index in [4.69, 9.17) is 4.74 Å². The number of nitrogens with zero attached hydrogens (tertiary/aromatic N) is 2. The van der Waals surface area contributed by atoms with Gasteiger partial charge in [0.05, 0.1) is 18.6 Å². The van der Waals surface area contributed by atoms with Crippen molar-refractivity contribution in [3.8, 4) is 17.1 Å². The number of aromatic amines is 1. The number of thioether (sulfide) groups is 1. The van der Waals surface area contributed by atoms with Crippen LogP contribution in [0.2, 0.25) is 0 Å². The summed E-state index contributed by atoms with van der Waals surface area (Å²) >= 11 is 1.27. The van der Waals surface area contributed by atoms with E-state index in [2.05, 4.69) is 20.5 Å². The molecular weight excluding hydrogens is 324 g/mol. The van der Waals surface area contributed by atoms with Crippen LogP contribution >= 0.6 is 11.8 Å². The number of benzene rings is 2. The van der Waals surface area contributed by atoms with E-state index in [1.54, 1.807) is 19.2 Å². The van der Waals surface area contributed by atoms with Gasteiger partial charge in [0.1, 0.15) is 5.75 Å². The quantitative estimate of drug-likeness (QED) is 0.674. The van der Waals surface area contributed by atoms with Gasteiger partial charge in [-0.1, -0.05) is 54.2 Å². The summed E-state index contributed by atoms with van der Waals surface area (Å²) in [5, 5.41) is 10.4. The monoisotopic (exact) mass is 340 g/mol. The fourth-order valence-corrected chi connectivity index (χ4v) is 2.70. The summed E-state index contributed by atoms with van der Waals surface area (Å²) in [6, 6.07) is 17.0. The van der Waals surface area contributed by atoms with Gasteiger partial charge in [-0.25, -0.2) is 4.98 Å². The van der Waals surface area contributed by atoms with Gasteiger partial charge in [0, 0.05) is 5.56 Å². The minimum absolute atomic E-state index is 0.143. The Hall–Kier alpha value is -2.80. The topological polar surface area (TPSA) is 79.9 Å². The second kappa shape index (κ2) is 7.65. The lowest BCUT2D eigenvalue weighted by Crippen LogP contribution is -2.14. The molecule has 3 rings (SSSR count). The summed E-state index contributed by atoms with van der Waals surface area (Å²) in [6.07, 6.45) is 0. The predicted octanol–water partition coefficient (Wildman–Crippen LogP) is 3.21. The Labute approximate surface area is 143 Å². The Morgan fingerprint density at radius 1 is 1.17 bits per heavy atom. The van der Waals surface area contributed by atoms with Crippen LogP contribution in [0.25, 0.3) is 11.4 Å². The van der Waals surface area contributed by atoms with Crippen molar-refractivity contribution < 1.29 is 9.53 Å². The van der Waals surface area contributed by atoms with E-state index < -0.39 is 0 Å². The van der Waals surface area contributed by atoms with Crippen LogP contribution in [-0.2, 0) is 4.79 Å². The molecule has 0 fully saturated rings. The molecule has 1 heterocycles. The van der Waals surface area contributed by atoms with Crippen LogP contribution in [0.3, 0.4) is 0 Å². The number of hydrogen-bond acceptors (Lipinski definition) is 5. The largest absolute Gasteiger partial charge is 0.495 e. The molecule has 7 heteroatoms. The van der Waals surface area contributed by atoms with Gasteiger partial charge in [0.25, 0.3) is 0 Å². The molecular formula is C17H16N4O2S. The van der Waals surface area contributed by atoms with Crippen molar-refractivity contribution >= 4 is 23.4 Å². The second-order valence-electron chi connectivity index (χ2n) is 4.87. The van der Waals surface area contributed by atoms with Gasteiger partial charge in [0.15, 0.2) is 5.82 Å². The average molecular weight is 340 g/mol. The van der Waals surface area contributed by atoms with E-state index in [0.717, 1.165) is 5.56 Å². The number of aromatic nitrogens is 3. The van der Waals surface area contributed by atoms with Crippen molar-refractivity contribution in [3.63, 3.8) is 0 Å². The highest BCUT2D eigenvalue weighted by Crippen LogP contribution is 2.24. The minimum Gasteiger partial charge on any atom is -0.495 e. The second-order valence-corrected chi connectivity index (χ2v) is 5.81. The van der Waals surface area contributed by atoms with E-state index in [1.807, 2.05) is 42.5 Å². The maximum absolute atomic E-state index is 12.1. The predicted molar refractivity (Wildman–Crippen MR) is 94.2 cm³/mol. The fraction of sp³-hybridized carbons (Fsp3) is 0.118. The number of amides is 1. The molecule has 0 radical (unpaired) electrons. The molecule has 1 aromatic heterocycles. The van der Waals surface area contributed by atoms with Crippen molar-refractivity contribution in [1.82, 2.24) is 15.2 Å². The molecule has 0 atom stereocenters. The van der Waals surface area contributed by atoms with Gasteiger partial charge in [-0.2, -0.15) is 0 Å². The summed E-state index contributed by atoms with van der Waals surface area (Å²) in [4.78, 5) is 16.5. The third kappa shape index (κ3) is 3.94. The van der Waals surface area contributed by atoms with E-state index in [-0.39, 0.29) is 11.7 Å². The van der Waals surface area contributed by atoms with Crippen LogP contribution in [0.1, 0.15) is 0 Å². The molecule has 2 aromatic carbocycles. The molecule has 2 N–H and O–H groups in total. The third-order valence-corrected chi connectivity index (χ3v) is 4.07. The van der Waals surface area contributed by atoms with Gasteiger partial charge < -0.3 is 10.1 Å². The zero-order valence-corrected chi connectivity index (χ0v) is 13.8.